The van der Waals surface area contributed by atoms with Crippen LogP contribution in [0.1, 0.15) is 56.1 Å². The molecule has 0 saturated carbocycles. The van der Waals surface area contributed by atoms with E-state index in [1.807, 2.05) is 30.3 Å². The smallest absolute Gasteiger partial charge is 0.410 e. The fourth-order valence-electron chi connectivity index (χ4n) is 3.38. The lowest BCUT2D eigenvalue weighted by molar-refractivity contribution is -0.153. The van der Waals surface area contributed by atoms with Crippen molar-refractivity contribution in [1.29, 1.82) is 0 Å². The Morgan fingerprint density at radius 2 is 1.50 bits per heavy atom. The Balaban J connectivity index is 2.37. The van der Waals surface area contributed by atoms with Crippen molar-refractivity contribution in [2.75, 3.05) is 7.05 Å². The van der Waals surface area contributed by atoms with Crippen LogP contribution in [0.4, 0.5) is 4.79 Å². The van der Waals surface area contributed by atoms with Gasteiger partial charge in [0.1, 0.15) is 18.2 Å². The third kappa shape index (κ3) is 6.33. The lowest BCUT2D eigenvalue weighted by Crippen LogP contribution is -2.54. The van der Waals surface area contributed by atoms with E-state index >= 15 is 0 Å². The lowest BCUT2D eigenvalue weighted by atomic mass is 9.76. The van der Waals surface area contributed by atoms with Crippen LogP contribution in [0.3, 0.4) is 0 Å². The number of carboxylic acid groups (broad SMARTS) is 1. The molecule has 0 radical (unpaired) electrons. The van der Waals surface area contributed by atoms with Crippen molar-refractivity contribution in [3.8, 4) is 0 Å². The van der Waals surface area contributed by atoms with Crippen molar-refractivity contribution in [3.05, 3.63) is 71.3 Å². The number of hydrogen-bond acceptors (Lipinski definition) is 5. The minimum atomic E-state index is -1.04. The third-order valence-electron chi connectivity index (χ3n) is 5.08. The van der Waals surface area contributed by atoms with Gasteiger partial charge in [-0.25, -0.2) is 14.4 Å². The van der Waals surface area contributed by atoms with Gasteiger partial charge in [0.15, 0.2) is 0 Å². The zero-order valence-electron chi connectivity index (χ0n) is 19.4. The van der Waals surface area contributed by atoms with Crippen LogP contribution in [0.5, 0.6) is 0 Å². The maximum absolute atomic E-state index is 13.3. The Kier molecular flexibility index (Phi) is 7.67. The van der Waals surface area contributed by atoms with Crippen LogP contribution in [0.2, 0.25) is 0 Å². The van der Waals surface area contributed by atoms with E-state index in [0.717, 1.165) is 5.56 Å². The number of rotatable bonds is 7. The molecule has 32 heavy (non-hydrogen) atoms. The van der Waals surface area contributed by atoms with E-state index in [-0.39, 0.29) is 12.2 Å². The Morgan fingerprint density at radius 3 is 2.00 bits per heavy atom. The summed E-state index contributed by atoms with van der Waals surface area (Å²) < 4.78 is 11.1. The molecule has 172 valence electrons. The summed E-state index contributed by atoms with van der Waals surface area (Å²) in [5.74, 6) is -1.63. The van der Waals surface area contributed by atoms with Gasteiger partial charge in [-0.2, -0.15) is 0 Å². The molecule has 1 unspecified atom stereocenters. The molecule has 0 fully saturated rings. The molecule has 0 spiro atoms. The molecule has 1 amide bonds. The highest BCUT2D eigenvalue weighted by atomic mass is 16.6. The number of likely N-dealkylation sites (N-methyl/N-ethyl adjacent to an activating group) is 1. The molecule has 0 bridgehead atoms. The van der Waals surface area contributed by atoms with Crippen LogP contribution in [0.25, 0.3) is 0 Å². The number of benzene rings is 2. The second kappa shape index (κ2) is 9.85. The normalized spacial score (nSPS) is 12.6. The maximum atomic E-state index is 13.3. The number of aromatic carboxylic acids is 1. The average Bonchev–Trinajstić information content (AvgIpc) is 2.71. The Morgan fingerprint density at radius 1 is 0.938 bits per heavy atom. The zero-order chi connectivity index (χ0) is 24.1. The van der Waals surface area contributed by atoms with Crippen LogP contribution in [0, 0.1) is 0 Å². The van der Waals surface area contributed by atoms with E-state index < -0.39 is 35.1 Å². The molecular weight excluding hydrogens is 410 g/mol. The third-order valence-corrected chi connectivity index (χ3v) is 5.08. The summed E-state index contributed by atoms with van der Waals surface area (Å²) in [6.45, 7) is 8.91. The van der Waals surface area contributed by atoms with Crippen molar-refractivity contribution < 1.29 is 29.0 Å². The molecule has 7 heteroatoms. The number of carbonyl (C=O) groups is 3. The minimum Gasteiger partial charge on any atom is -0.478 e. The van der Waals surface area contributed by atoms with E-state index in [2.05, 4.69) is 0 Å². The fraction of sp³-hybridized carbons (Fsp3) is 0.400. The highest BCUT2D eigenvalue weighted by Gasteiger charge is 2.44. The van der Waals surface area contributed by atoms with Crippen LogP contribution in [-0.2, 0) is 26.3 Å². The maximum Gasteiger partial charge on any atom is 0.410 e. The van der Waals surface area contributed by atoms with Crippen LogP contribution in [-0.4, -0.2) is 46.7 Å². The first-order chi connectivity index (χ1) is 14.8. The van der Waals surface area contributed by atoms with Gasteiger partial charge in [0.2, 0.25) is 0 Å². The van der Waals surface area contributed by atoms with Crippen molar-refractivity contribution >= 4 is 18.0 Å². The SMILES string of the molecule is CN(C(=O)OC(C)(C)C)C(C(=O)OCc1ccccc1)C(C)(C)c1ccc(C(=O)O)cc1. The van der Waals surface area contributed by atoms with E-state index in [9.17, 15) is 19.5 Å². The Bertz CT molecular complexity index is 945. The van der Waals surface area contributed by atoms with E-state index in [4.69, 9.17) is 9.47 Å². The average molecular weight is 442 g/mol. The molecule has 2 aromatic rings. The van der Waals surface area contributed by atoms with E-state index in [0.29, 0.717) is 5.56 Å². The fourth-order valence-corrected chi connectivity index (χ4v) is 3.38. The number of amides is 1. The molecule has 1 N–H and O–H groups in total. The van der Waals surface area contributed by atoms with Crippen molar-refractivity contribution in [2.45, 2.75) is 58.3 Å². The summed E-state index contributed by atoms with van der Waals surface area (Å²) in [6.07, 6.45) is -0.658. The summed E-state index contributed by atoms with van der Waals surface area (Å²) in [4.78, 5) is 38.5. The van der Waals surface area contributed by atoms with Gasteiger partial charge in [0.25, 0.3) is 0 Å². The van der Waals surface area contributed by atoms with Gasteiger partial charge in [-0.05, 0) is 44.0 Å². The molecule has 0 heterocycles. The molecule has 0 saturated heterocycles. The first kappa shape index (κ1) is 24.9. The van der Waals surface area contributed by atoms with E-state index in [1.165, 1.54) is 24.1 Å². The molecule has 0 aromatic heterocycles. The number of carboxylic acids is 1. The topological polar surface area (TPSA) is 93.1 Å². The highest BCUT2D eigenvalue weighted by molar-refractivity contribution is 5.88. The number of esters is 1. The lowest BCUT2D eigenvalue weighted by Gasteiger charge is -2.39. The number of carbonyl (C=O) groups excluding carboxylic acids is 2. The van der Waals surface area contributed by atoms with Gasteiger partial charge >= 0.3 is 18.0 Å². The number of ether oxygens (including phenoxy) is 2. The summed E-state index contributed by atoms with van der Waals surface area (Å²) in [7, 11) is 1.50. The highest BCUT2D eigenvalue weighted by Crippen LogP contribution is 2.32. The van der Waals surface area contributed by atoms with Gasteiger partial charge in [0.05, 0.1) is 5.56 Å². The molecule has 0 aliphatic heterocycles. The molecule has 7 nitrogen and oxygen atoms in total. The van der Waals surface area contributed by atoms with Gasteiger partial charge in [-0.3, -0.25) is 4.90 Å². The van der Waals surface area contributed by atoms with Gasteiger partial charge in [-0.1, -0.05) is 56.3 Å². The standard InChI is InChI=1S/C25H31NO6/c1-24(2,3)32-23(30)26(6)20(22(29)31-16-17-10-8-7-9-11-17)25(4,5)19-14-12-18(13-15-19)21(27)28/h7-15,20H,16H2,1-6H3,(H,27,28). The number of hydrogen-bond donors (Lipinski definition) is 1. The minimum absolute atomic E-state index is 0.0619. The summed E-state index contributed by atoms with van der Waals surface area (Å²) in [6, 6.07) is 14.5. The second-order valence-electron chi connectivity index (χ2n) is 9.19. The summed E-state index contributed by atoms with van der Waals surface area (Å²) in [5.41, 5.74) is -0.0101. The molecule has 0 aliphatic carbocycles. The van der Waals surface area contributed by atoms with Gasteiger partial charge in [-0.15, -0.1) is 0 Å². The first-order valence-corrected chi connectivity index (χ1v) is 10.3. The van der Waals surface area contributed by atoms with Gasteiger partial charge in [0, 0.05) is 12.5 Å². The molecule has 2 aromatic carbocycles. The monoisotopic (exact) mass is 441 g/mol. The van der Waals surface area contributed by atoms with Crippen molar-refractivity contribution in [2.24, 2.45) is 0 Å². The van der Waals surface area contributed by atoms with Crippen LogP contribution >= 0.6 is 0 Å². The quantitative estimate of drug-likeness (QED) is 0.629. The Hall–Kier alpha value is -3.35. The largest absolute Gasteiger partial charge is 0.478 e. The van der Waals surface area contributed by atoms with E-state index in [1.54, 1.807) is 46.8 Å². The van der Waals surface area contributed by atoms with Crippen molar-refractivity contribution in [3.63, 3.8) is 0 Å². The molecule has 2 rings (SSSR count). The van der Waals surface area contributed by atoms with Crippen LogP contribution in [0.15, 0.2) is 54.6 Å². The predicted octanol–water partition coefficient (Wildman–Crippen LogP) is 4.64. The van der Waals surface area contributed by atoms with Crippen molar-refractivity contribution in [1.82, 2.24) is 4.90 Å². The molecule has 0 aliphatic rings. The zero-order valence-corrected chi connectivity index (χ0v) is 19.4. The summed E-state index contributed by atoms with van der Waals surface area (Å²) >= 11 is 0. The Labute approximate surface area is 188 Å². The second-order valence-corrected chi connectivity index (χ2v) is 9.19. The molecule has 1 atom stereocenters. The first-order valence-electron chi connectivity index (χ1n) is 10.3. The van der Waals surface area contributed by atoms with Gasteiger partial charge < -0.3 is 14.6 Å². The molecular formula is C25H31NO6. The van der Waals surface area contributed by atoms with Crippen LogP contribution < -0.4 is 0 Å². The summed E-state index contributed by atoms with van der Waals surface area (Å²) in [5, 5.41) is 9.18. The number of nitrogens with zero attached hydrogens (tertiary/aromatic N) is 1. The predicted molar refractivity (Wildman–Crippen MR) is 120 cm³/mol.